The molecule has 1 aliphatic rings. The molecule has 4 rings (SSSR count). The fraction of sp³-hybridized carbons (Fsp3) is 0.333. The van der Waals surface area contributed by atoms with Crippen LogP contribution in [0.1, 0.15) is 23.7 Å². The number of carbonyl (C=O) groups excluding carboxylic acids is 1. The highest BCUT2D eigenvalue weighted by Gasteiger charge is 2.34. The number of nitrogens with zero attached hydrogens (tertiary/aromatic N) is 4. The smallest absolute Gasteiger partial charge is 0.274 e. The van der Waals surface area contributed by atoms with Crippen LogP contribution in [0.25, 0.3) is 5.65 Å². The quantitative estimate of drug-likeness (QED) is 0.615. The van der Waals surface area contributed by atoms with Crippen LogP contribution in [0.15, 0.2) is 29.3 Å². The Morgan fingerprint density at radius 3 is 2.79 bits per heavy atom. The maximum absolute atomic E-state index is 13.7. The number of hydrogen-bond donors (Lipinski definition) is 3. The van der Waals surface area contributed by atoms with Gasteiger partial charge in [-0.3, -0.25) is 9.59 Å². The van der Waals surface area contributed by atoms with E-state index in [1.54, 1.807) is 13.1 Å². The van der Waals surface area contributed by atoms with Gasteiger partial charge in [0, 0.05) is 38.5 Å². The highest BCUT2D eigenvalue weighted by molar-refractivity contribution is 6.00. The minimum absolute atomic E-state index is 0.0405. The number of halogens is 1. The van der Waals surface area contributed by atoms with Gasteiger partial charge in [0.25, 0.3) is 11.5 Å². The third-order valence-electron chi connectivity index (χ3n) is 4.81. The van der Waals surface area contributed by atoms with Crippen molar-refractivity contribution >= 4 is 28.9 Å². The van der Waals surface area contributed by atoms with Gasteiger partial charge in [-0.1, -0.05) is 6.92 Å². The van der Waals surface area contributed by atoms with Gasteiger partial charge in [0.2, 0.25) is 0 Å². The molecule has 0 spiro atoms. The molecular weight excluding hydrogens is 365 g/mol. The van der Waals surface area contributed by atoms with Gasteiger partial charge >= 0.3 is 0 Å². The van der Waals surface area contributed by atoms with E-state index in [1.165, 1.54) is 17.8 Å². The van der Waals surface area contributed by atoms with Gasteiger partial charge in [-0.15, -0.1) is 0 Å². The Kier molecular flexibility index (Phi) is 4.25. The van der Waals surface area contributed by atoms with Crippen molar-refractivity contribution in [3.63, 3.8) is 0 Å². The molecule has 0 aliphatic heterocycles. The SMILES string of the molecule is CNc1cc(Nc2cc(F)cn(C)c2=O)nc2c(C(=O)NC3C[C@@H]3C)cnn12. The number of nitrogens with one attached hydrogen (secondary N) is 3. The van der Waals surface area contributed by atoms with Crippen molar-refractivity contribution in [3.05, 3.63) is 46.3 Å². The number of amides is 1. The summed E-state index contributed by atoms with van der Waals surface area (Å²) in [4.78, 5) is 29.2. The van der Waals surface area contributed by atoms with Gasteiger partial charge in [-0.05, 0) is 12.3 Å². The normalized spacial score (nSPS) is 18.1. The summed E-state index contributed by atoms with van der Waals surface area (Å²) in [7, 11) is 3.16. The molecule has 0 saturated heterocycles. The third kappa shape index (κ3) is 3.17. The maximum Gasteiger partial charge on any atom is 0.274 e. The number of anilines is 3. The minimum atomic E-state index is -0.553. The summed E-state index contributed by atoms with van der Waals surface area (Å²) >= 11 is 0. The molecule has 1 aliphatic carbocycles. The zero-order valence-electron chi connectivity index (χ0n) is 15.7. The van der Waals surface area contributed by atoms with E-state index in [-0.39, 0.29) is 23.5 Å². The van der Waals surface area contributed by atoms with Crippen LogP contribution in [0.4, 0.5) is 21.7 Å². The maximum atomic E-state index is 13.7. The second-order valence-electron chi connectivity index (χ2n) is 6.98. The summed E-state index contributed by atoms with van der Waals surface area (Å²) in [5.74, 6) is 0.502. The molecule has 1 unspecified atom stereocenters. The molecular formula is C18H20FN7O2. The molecule has 146 valence electrons. The summed E-state index contributed by atoms with van der Waals surface area (Å²) < 4.78 is 16.3. The molecule has 28 heavy (non-hydrogen) atoms. The average Bonchev–Trinajstić information content (AvgIpc) is 3.16. The highest BCUT2D eigenvalue weighted by Crippen LogP contribution is 2.29. The van der Waals surface area contributed by atoms with E-state index in [4.69, 9.17) is 0 Å². The summed E-state index contributed by atoms with van der Waals surface area (Å²) in [6, 6.07) is 2.89. The van der Waals surface area contributed by atoms with Crippen molar-refractivity contribution < 1.29 is 9.18 Å². The van der Waals surface area contributed by atoms with E-state index < -0.39 is 11.4 Å². The van der Waals surface area contributed by atoms with Gasteiger partial charge < -0.3 is 20.5 Å². The lowest BCUT2D eigenvalue weighted by molar-refractivity contribution is 0.0951. The largest absolute Gasteiger partial charge is 0.373 e. The first-order chi connectivity index (χ1) is 13.4. The summed E-state index contributed by atoms with van der Waals surface area (Å²) in [5, 5.41) is 13.0. The van der Waals surface area contributed by atoms with E-state index in [2.05, 4.69) is 33.0 Å². The fourth-order valence-corrected chi connectivity index (χ4v) is 3.03. The molecule has 3 N–H and O–H groups in total. The number of fused-ring (bicyclic) bond motifs is 1. The number of aromatic nitrogens is 4. The van der Waals surface area contributed by atoms with Crippen LogP contribution >= 0.6 is 0 Å². The van der Waals surface area contributed by atoms with Gasteiger partial charge in [0.1, 0.15) is 28.7 Å². The van der Waals surface area contributed by atoms with Crippen molar-refractivity contribution in [2.45, 2.75) is 19.4 Å². The first-order valence-corrected chi connectivity index (χ1v) is 8.88. The second kappa shape index (κ2) is 6.63. The van der Waals surface area contributed by atoms with Crippen molar-refractivity contribution in [2.24, 2.45) is 13.0 Å². The van der Waals surface area contributed by atoms with Crippen LogP contribution in [0, 0.1) is 11.7 Å². The van der Waals surface area contributed by atoms with Crippen molar-refractivity contribution in [1.29, 1.82) is 0 Å². The minimum Gasteiger partial charge on any atom is -0.373 e. The van der Waals surface area contributed by atoms with Crippen LogP contribution in [-0.4, -0.2) is 38.2 Å². The first-order valence-electron chi connectivity index (χ1n) is 8.88. The number of pyridine rings is 1. The van der Waals surface area contributed by atoms with E-state index >= 15 is 0 Å². The molecule has 0 aromatic carbocycles. The zero-order chi connectivity index (χ0) is 20.0. The van der Waals surface area contributed by atoms with Crippen LogP contribution in [0.3, 0.4) is 0 Å². The lowest BCUT2D eigenvalue weighted by Gasteiger charge is -2.11. The number of rotatable bonds is 5. The fourth-order valence-electron chi connectivity index (χ4n) is 3.03. The Bertz CT molecular complexity index is 1140. The monoisotopic (exact) mass is 385 g/mol. The standard InChI is InChI=1S/C18H20FN7O2/c1-9-4-12(9)23-17(27)11-7-21-26-15(20-2)6-14(24-16(11)26)22-13-5-10(19)8-25(3)18(13)28/h5-9,12,20H,4H2,1-3H3,(H,22,24)(H,23,27)/t9-,12?/m0/s1. The molecule has 1 saturated carbocycles. The Balaban J connectivity index is 1.74. The summed E-state index contributed by atoms with van der Waals surface area (Å²) in [6.07, 6.45) is 3.51. The third-order valence-corrected chi connectivity index (χ3v) is 4.81. The molecule has 10 heteroatoms. The van der Waals surface area contributed by atoms with Gasteiger partial charge in [-0.25, -0.2) is 9.37 Å². The lowest BCUT2D eigenvalue weighted by Crippen LogP contribution is -2.26. The van der Waals surface area contributed by atoms with Crippen molar-refractivity contribution in [3.8, 4) is 0 Å². The number of carbonyl (C=O) groups is 1. The van der Waals surface area contributed by atoms with Crippen LogP contribution < -0.4 is 21.5 Å². The van der Waals surface area contributed by atoms with Crippen molar-refractivity contribution in [1.82, 2.24) is 24.5 Å². The number of aryl methyl sites for hydroxylation is 1. The van der Waals surface area contributed by atoms with E-state index in [1.807, 2.05) is 0 Å². The summed E-state index contributed by atoms with van der Waals surface area (Å²) in [5.41, 5.74) is 0.293. The lowest BCUT2D eigenvalue weighted by atomic mass is 10.3. The second-order valence-corrected chi connectivity index (χ2v) is 6.98. The van der Waals surface area contributed by atoms with Crippen molar-refractivity contribution in [2.75, 3.05) is 17.7 Å². The van der Waals surface area contributed by atoms with Crippen LogP contribution in [-0.2, 0) is 7.05 Å². The van der Waals surface area contributed by atoms with Crippen LogP contribution in [0.2, 0.25) is 0 Å². The van der Waals surface area contributed by atoms with Gasteiger partial charge in [-0.2, -0.15) is 9.61 Å². The van der Waals surface area contributed by atoms with Gasteiger partial charge in [0.05, 0.1) is 6.20 Å². The molecule has 9 nitrogen and oxygen atoms in total. The topological polar surface area (TPSA) is 105 Å². The zero-order valence-corrected chi connectivity index (χ0v) is 15.7. The molecule has 0 radical (unpaired) electrons. The molecule has 2 atom stereocenters. The van der Waals surface area contributed by atoms with Crippen LogP contribution in [0.5, 0.6) is 0 Å². The van der Waals surface area contributed by atoms with E-state index in [9.17, 15) is 14.0 Å². The number of hydrogen-bond acceptors (Lipinski definition) is 6. The van der Waals surface area contributed by atoms with E-state index in [0.717, 1.165) is 23.3 Å². The molecule has 3 aromatic heterocycles. The predicted octanol–water partition coefficient (Wildman–Crippen LogP) is 1.49. The van der Waals surface area contributed by atoms with E-state index in [0.29, 0.717) is 22.9 Å². The molecule has 1 fully saturated rings. The molecule has 3 heterocycles. The highest BCUT2D eigenvalue weighted by atomic mass is 19.1. The Morgan fingerprint density at radius 2 is 2.11 bits per heavy atom. The molecule has 1 amide bonds. The average molecular weight is 385 g/mol. The first kappa shape index (κ1) is 18.0. The molecule has 3 aromatic rings. The van der Waals surface area contributed by atoms with Gasteiger partial charge in [0.15, 0.2) is 5.65 Å². The molecule has 0 bridgehead atoms. The Morgan fingerprint density at radius 1 is 1.36 bits per heavy atom. The Hall–Kier alpha value is -3.43. The summed E-state index contributed by atoms with van der Waals surface area (Å²) in [6.45, 7) is 2.07. The predicted molar refractivity (Wildman–Crippen MR) is 102 cm³/mol. The Labute approximate surface area is 159 Å².